The number of aliphatic hydroxyl groups excluding tert-OH is 2. The van der Waals surface area contributed by atoms with Gasteiger partial charge in [0.15, 0.2) is 0 Å². The summed E-state index contributed by atoms with van der Waals surface area (Å²) in [7, 11) is 5.87. The van der Waals surface area contributed by atoms with Gasteiger partial charge >= 0.3 is 0 Å². The highest BCUT2D eigenvalue weighted by Crippen LogP contribution is 2.26. The molecule has 7 nitrogen and oxygen atoms in total. The van der Waals surface area contributed by atoms with Crippen molar-refractivity contribution >= 4 is 24.1 Å². The van der Waals surface area contributed by atoms with E-state index in [0.717, 1.165) is 33.1 Å². The molecule has 2 aromatic rings. The van der Waals surface area contributed by atoms with Crippen LogP contribution in [-0.4, -0.2) is 58.9 Å². The highest BCUT2D eigenvalue weighted by molar-refractivity contribution is 6.04. The van der Waals surface area contributed by atoms with Gasteiger partial charge in [0.25, 0.3) is 5.91 Å². The standard InChI is InChI=1S/C26H32N4O3/c1-7-21(29(4)5)13-19-8-9-20(12-17(19)2)25-11-10-24(30(25)6)18(3)23(14-27)26(33)28-15-22(32)16-31/h7-13,22,31-32H,2,15-16H2,1,3-6H3,(H,28,33)/b19-13-,21-7+,23-18+. The Morgan fingerprint density at radius 2 is 2.03 bits per heavy atom. The lowest BCUT2D eigenvalue weighted by molar-refractivity contribution is -0.117. The summed E-state index contributed by atoms with van der Waals surface area (Å²) in [5.41, 5.74) is 4.18. The van der Waals surface area contributed by atoms with Crippen LogP contribution in [0.25, 0.3) is 29.5 Å². The summed E-state index contributed by atoms with van der Waals surface area (Å²) in [6.07, 6.45) is 3.05. The third-order valence-electron chi connectivity index (χ3n) is 5.48. The zero-order valence-corrected chi connectivity index (χ0v) is 19.9. The second-order valence-electron chi connectivity index (χ2n) is 7.99. The maximum Gasteiger partial charge on any atom is 0.262 e. The molecule has 0 radical (unpaired) electrons. The SMILES string of the molecule is C=c1cc(-c2ccc(/C(C)=C(\C#N)C(=O)NCC(O)CO)n2C)cc/c1=C/C(=C\C)N(C)C. The van der Waals surface area contributed by atoms with E-state index in [1.807, 2.05) is 80.0 Å². The van der Waals surface area contributed by atoms with Crippen molar-refractivity contribution < 1.29 is 15.0 Å². The summed E-state index contributed by atoms with van der Waals surface area (Å²) in [6.45, 7) is 7.30. The van der Waals surface area contributed by atoms with Crippen LogP contribution >= 0.6 is 0 Å². The van der Waals surface area contributed by atoms with Crippen LogP contribution in [0.5, 0.6) is 0 Å². The maximum absolute atomic E-state index is 12.4. The van der Waals surface area contributed by atoms with Gasteiger partial charge in [0.2, 0.25) is 0 Å². The Bertz CT molecular complexity index is 1230. The fraction of sp³-hybridized carbons (Fsp3) is 0.308. The number of nitrogens with zero attached hydrogens (tertiary/aromatic N) is 3. The number of allylic oxidation sites excluding steroid dienone is 3. The highest BCUT2D eigenvalue weighted by atomic mass is 16.3. The lowest BCUT2D eigenvalue weighted by atomic mass is 10.1. The molecular formula is C26H32N4O3. The van der Waals surface area contributed by atoms with Crippen LogP contribution in [0.4, 0.5) is 0 Å². The third kappa shape index (κ3) is 6.01. The average molecular weight is 449 g/mol. The van der Waals surface area contributed by atoms with Gasteiger partial charge in [0.1, 0.15) is 11.6 Å². The molecule has 1 aromatic carbocycles. The molecule has 1 unspecified atom stereocenters. The average Bonchev–Trinajstić information content (AvgIpc) is 3.17. The van der Waals surface area contributed by atoms with Crippen molar-refractivity contribution in [1.82, 2.24) is 14.8 Å². The number of carbonyl (C=O) groups excluding carboxylic acids is 1. The summed E-state index contributed by atoms with van der Waals surface area (Å²) in [4.78, 5) is 14.5. The molecule has 1 atom stereocenters. The lowest BCUT2D eigenvalue weighted by Crippen LogP contribution is -2.34. The first-order valence-corrected chi connectivity index (χ1v) is 10.6. The van der Waals surface area contributed by atoms with E-state index in [0.29, 0.717) is 5.57 Å². The number of amides is 1. The van der Waals surface area contributed by atoms with Crippen molar-refractivity contribution in [3.05, 3.63) is 63.8 Å². The number of benzene rings is 1. The molecule has 1 amide bonds. The topological polar surface area (TPSA) is 102 Å². The summed E-state index contributed by atoms with van der Waals surface area (Å²) in [5, 5.41) is 32.3. The van der Waals surface area contributed by atoms with Crippen LogP contribution < -0.4 is 15.8 Å². The Kier molecular flexibility index (Phi) is 8.80. The van der Waals surface area contributed by atoms with Gasteiger partial charge in [-0.05, 0) is 59.7 Å². The molecule has 0 fully saturated rings. The number of nitrogens with one attached hydrogen (secondary N) is 1. The number of rotatable bonds is 8. The molecule has 1 heterocycles. The molecule has 0 aliphatic rings. The molecule has 33 heavy (non-hydrogen) atoms. The van der Waals surface area contributed by atoms with Crippen LogP contribution in [0.2, 0.25) is 0 Å². The Labute approximate surface area is 194 Å². The predicted octanol–water partition coefficient (Wildman–Crippen LogP) is 1.11. The largest absolute Gasteiger partial charge is 0.394 e. The maximum atomic E-state index is 12.4. The molecule has 2 rings (SSSR count). The number of nitriles is 1. The summed E-state index contributed by atoms with van der Waals surface area (Å²) >= 11 is 0. The van der Waals surface area contributed by atoms with Gasteiger partial charge in [0.05, 0.1) is 12.7 Å². The van der Waals surface area contributed by atoms with Gasteiger partial charge in [-0.3, -0.25) is 4.79 Å². The van der Waals surface area contributed by atoms with E-state index >= 15 is 0 Å². The number of carbonyl (C=O) groups is 1. The van der Waals surface area contributed by atoms with Crippen LogP contribution in [0, 0.1) is 11.3 Å². The number of aliphatic hydroxyl groups is 2. The van der Waals surface area contributed by atoms with Crippen molar-refractivity contribution in [1.29, 1.82) is 5.26 Å². The van der Waals surface area contributed by atoms with Crippen LogP contribution in [-0.2, 0) is 11.8 Å². The van der Waals surface area contributed by atoms with E-state index in [1.54, 1.807) is 6.92 Å². The minimum Gasteiger partial charge on any atom is -0.394 e. The molecule has 0 saturated carbocycles. The first-order valence-electron chi connectivity index (χ1n) is 10.6. The second-order valence-corrected chi connectivity index (χ2v) is 7.99. The predicted molar refractivity (Wildman–Crippen MR) is 132 cm³/mol. The van der Waals surface area contributed by atoms with E-state index in [9.17, 15) is 15.2 Å². The monoisotopic (exact) mass is 448 g/mol. The molecular weight excluding hydrogens is 416 g/mol. The van der Waals surface area contributed by atoms with Crippen molar-refractivity contribution in [2.75, 3.05) is 27.2 Å². The van der Waals surface area contributed by atoms with Crippen molar-refractivity contribution in [3.8, 4) is 17.3 Å². The number of hydrogen-bond acceptors (Lipinski definition) is 5. The van der Waals surface area contributed by atoms with E-state index in [2.05, 4.69) is 18.0 Å². The first-order chi connectivity index (χ1) is 15.6. The van der Waals surface area contributed by atoms with E-state index in [1.165, 1.54) is 0 Å². The second kappa shape index (κ2) is 11.3. The number of aromatic nitrogens is 1. The van der Waals surface area contributed by atoms with E-state index in [4.69, 9.17) is 5.11 Å². The van der Waals surface area contributed by atoms with E-state index in [-0.39, 0.29) is 12.1 Å². The molecule has 0 aliphatic heterocycles. The molecule has 0 bridgehead atoms. The summed E-state index contributed by atoms with van der Waals surface area (Å²) < 4.78 is 1.93. The number of hydrogen-bond donors (Lipinski definition) is 3. The van der Waals surface area contributed by atoms with Gasteiger partial charge in [-0.15, -0.1) is 0 Å². The van der Waals surface area contributed by atoms with Crippen molar-refractivity contribution in [2.45, 2.75) is 20.0 Å². The molecule has 7 heteroatoms. The van der Waals surface area contributed by atoms with Crippen LogP contribution in [0.15, 0.2) is 47.7 Å². The van der Waals surface area contributed by atoms with Crippen LogP contribution in [0.3, 0.4) is 0 Å². The molecule has 0 saturated heterocycles. The van der Waals surface area contributed by atoms with Gasteiger partial charge in [-0.2, -0.15) is 5.26 Å². The molecule has 3 N–H and O–H groups in total. The zero-order chi connectivity index (χ0) is 24.7. The smallest absolute Gasteiger partial charge is 0.262 e. The fourth-order valence-electron chi connectivity index (χ4n) is 3.51. The van der Waals surface area contributed by atoms with Gasteiger partial charge in [0, 0.05) is 44.8 Å². The van der Waals surface area contributed by atoms with Gasteiger partial charge < -0.3 is 25.0 Å². The Morgan fingerprint density at radius 3 is 2.58 bits per heavy atom. The highest BCUT2D eigenvalue weighted by Gasteiger charge is 2.18. The van der Waals surface area contributed by atoms with Crippen molar-refractivity contribution in [3.63, 3.8) is 0 Å². The zero-order valence-electron chi connectivity index (χ0n) is 19.9. The van der Waals surface area contributed by atoms with Crippen molar-refractivity contribution in [2.24, 2.45) is 7.05 Å². The minimum absolute atomic E-state index is 0.0433. The Hall–Kier alpha value is -3.60. The first kappa shape index (κ1) is 25.7. The van der Waals surface area contributed by atoms with Crippen LogP contribution in [0.1, 0.15) is 19.5 Å². The normalized spacial score (nSPS) is 13.9. The molecule has 174 valence electrons. The fourth-order valence-corrected chi connectivity index (χ4v) is 3.51. The summed E-state index contributed by atoms with van der Waals surface area (Å²) in [6, 6.07) is 11.8. The molecule has 1 aromatic heterocycles. The quantitative estimate of drug-likeness (QED) is 0.415. The summed E-state index contributed by atoms with van der Waals surface area (Å²) in [5.74, 6) is -0.592. The Morgan fingerprint density at radius 1 is 1.33 bits per heavy atom. The van der Waals surface area contributed by atoms with Gasteiger partial charge in [-0.1, -0.05) is 24.8 Å². The minimum atomic E-state index is -1.07. The molecule has 0 spiro atoms. The molecule has 0 aliphatic carbocycles. The third-order valence-corrected chi connectivity index (χ3v) is 5.48. The van der Waals surface area contributed by atoms with Gasteiger partial charge in [-0.25, -0.2) is 0 Å². The lowest BCUT2D eigenvalue weighted by Gasteiger charge is -2.13. The van der Waals surface area contributed by atoms with E-state index < -0.39 is 18.6 Å². The Balaban J connectivity index is 2.43.